The summed E-state index contributed by atoms with van der Waals surface area (Å²) < 4.78 is 0. The number of carbonyl (C=O) groups excluding carboxylic acids is 1. The summed E-state index contributed by atoms with van der Waals surface area (Å²) in [5.74, 6) is 0.130. The van der Waals surface area contributed by atoms with Gasteiger partial charge >= 0.3 is 0 Å². The molecule has 2 N–H and O–H groups in total. The SMILES string of the molecule is CN(Cc1cc(N)ccc1Cl)C(=O)CCCc1cccs1. The fourth-order valence-corrected chi connectivity index (χ4v) is 3.05. The van der Waals surface area contributed by atoms with Crippen molar-refractivity contribution in [1.29, 1.82) is 0 Å². The maximum atomic E-state index is 12.1. The molecule has 0 radical (unpaired) electrons. The molecule has 1 amide bonds. The van der Waals surface area contributed by atoms with Gasteiger partial charge in [0.2, 0.25) is 5.91 Å². The van der Waals surface area contributed by atoms with Crippen molar-refractivity contribution in [2.24, 2.45) is 0 Å². The number of amides is 1. The number of rotatable bonds is 6. The third-order valence-corrected chi connectivity index (χ3v) is 4.60. The van der Waals surface area contributed by atoms with Gasteiger partial charge in [-0.3, -0.25) is 4.79 Å². The van der Waals surface area contributed by atoms with Crippen LogP contribution in [0, 0.1) is 0 Å². The van der Waals surface area contributed by atoms with E-state index in [2.05, 4.69) is 11.4 Å². The van der Waals surface area contributed by atoms with Gasteiger partial charge in [-0.15, -0.1) is 11.3 Å². The molecule has 0 fully saturated rings. The zero-order valence-electron chi connectivity index (χ0n) is 12.0. The van der Waals surface area contributed by atoms with Crippen LogP contribution in [0.25, 0.3) is 0 Å². The Morgan fingerprint density at radius 3 is 2.90 bits per heavy atom. The summed E-state index contributed by atoms with van der Waals surface area (Å²) in [5.41, 5.74) is 7.29. The molecule has 5 heteroatoms. The lowest BCUT2D eigenvalue weighted by molar-refractivity contribution is -0.130. The highest BCUT2D eigenvalue weighted by Gasteiger charge is 2.11. The molecule has 1 heterocycles. The van der Waals surface area contributed by atoms with Gasteiger partial charge in [-0.2, -0.15) is 0 Å². The lowest BCUT2D eigenvalue weighted by atomic mass is 10.1. The zero-order valence-corrected chi connectivity index (χ0v) is 13.6. The lowest BCUT2D eigenvalue weighted by Gasteiger charge is -2.18. The number of aryl methyl sites for hydroxylation is 1. The topological polar surface area (TPSA) is 46.3 Å². The predicted molar refractivity (Wildman–Crippen MR) is 89.6 cm³/mol. The Labute approximate surface area is 134 Å². The number of nitrogen functional groups attached to an aromatic ring is 1. The van der Waals surface area contributed by atoms with E-state index in [9.17, 15) is 4.79 Å². The molecule has 21 heavy (non-hydrogen) atoms. The standard InChI is InChI=1S/C16H19ClN2OS/c1-19(11-12-10-13(18)7-8-15(12)17)16(20)6-2-4-14-5-3-9-21-14/h3,5,7-10H,2,4,6,11,18H2,1H3. The second-order valence-electron chi connectivity index (χ2n) is 5.03. The van der Waals surface area contributed by atoms with Crippen LogP contribution in [0.2, 0.25) is 5.02 Å². The summed E-state index contributed by atoms with van der Waals surface area (Å²) >= 11 is 7.86. The number of nitrogens with zero attached hydrogens (tertiary/aromatic N) is 1. The number of carbonyl (C=O) groups is 1. The molecule has 3 nitrogen and oxygen atoms in total. The Morgan fingerprint density at radius 2 is 2.19 bits per heavy atom. The van der Waals surface area contributed by atoms with Crippen molar-refractivity contribution in [2.45, 2.75) is 25.8 Å². The summed E-state index contributed by atoms with van der Waals surface area (Å²) in [6.45, 7) is 0.488. The maximum absolute atomic E-state index is 12.1. The zero-order chi connectivity index (χ0) is 15.2. The van der Waals surface area contributed by atoms with Crippen LogP contribution < -0.4 is 5.73 Å². The van der Waals surface area contributed by atoms with Crippen molar-refractivity contribution in [3.05, 3.63) is 51.2 Å². The van der Waals surface area contributed by atoms with Crippen LogP contribution in [0.15, 0.2) is 35.7 Å². The predicted octanol–water partition coefficient (Wildman–Crippen LogP) is 3.97. The lowest BCUT2D eigenvalue weighted by Crippen LogP contribution is -2.26. The second-order valence-corrected chi connectivity index (χ2v) is 6.47. The van der Waals surface area contributed by atoms with Gasteiger partial charge in [-0.05, 0) is 48.1 Å². The fourth-order valence-electron chi connectivity index (χ4n) is 2.12. The minimum Gasteiger partial charge on any atom is -0.399 e. The van der Waals surface area contributed by atoms with Gasteiger partial charge in [0, 0.05) is 35.6 Å². The van der Waals surface area contributed by atoms with Gasteiger partial charge < -0.3 is 10.6 Å². The normalized spacial score (nSPS) is 10.6. The van der Waals surface area contributed by atoms with Crippen LogP contribution in [-0.2, 0) is 17.8 Å². The largest absolute Gasteiger partial charge is 0.399 e. The van der Waals surface area contributed by atoms with Crippen molar-refractivity contribution >= 4 is 34.5 Å². The molecule has 0 aliphatic heterocycles. The van der Waals surface area contributed by atoms with E-state index >= 15 is 0 Å². The number of hydrogen-bond donors (Lipinski definition) is 1. The van der Waals surface area contributed by atoms with Crippen molar-refractivity contribution in [3.8, 4) is 0 Å². The van der Waals surface area contributed by atoms with Gasteiger partial charge in [-0.25, -0.2) is 0 Å². The Hall–Kier alpha value is -1.52. The Bertz CT molecular complexity index is 598. The number of anilines is 1. The molecule has 1 aromatic carbocycles. The number of thiophene rings is 1. The van der Waals surface area contributed by atoms with Gasteiger partial charge in [0.25, 0.3) is 0 Å². The number of halogens is 1. The van der Waals surface area contributed by atoms with Crippen LogP contribution in [0.5, 0.6) is 0 Å². The summed E-state index contributed by atoms with van der Waals surface area (Å²) in [6.07, 6.45) is 2.37. The van der Waals surface area contributed by atoms with Crippen molar-refractivity contribution in [3.63, 3.8) is 0 Å². The maximum Gasteiger partial charge on any atom is 0.222 e. The van der Waals surface area contributed by atoms with Gasteiger partial charge in [0.05, 0.1) is 0 Å². The van der Waals surface area contributed by atoms with Crippen LogP contribution in [-0.4, -0.2) is 17.9 Å². The molecule has 1 aromatic heterocycles. The van der Waals surface area contributed by atoms with Gasteiger partial charge in [-0.1, -0.05) is 17.7 Å². The Morgan fingerprint density at radius 1 is 1.38 bits per heavy atom. The summed E-state index contributed by atoms with van der Waals surface area (Å²) in [5, 5.41) is 2.70. The Kier molecular flexibility index (Phi) is 5.65. The minimum absolute atomic E-state index is 0.130. The van der Waals surface area contributed by atoms with Crippen LogP contribution in [0.1, 0.15) is 23.3 Å². The van der Waals surface area contributed by atoms with E-state index in [0.29, 0.717) is 23.7 Å². The number of benzene rings is 1. The summed E-state index contributed by atoms with van der Waals surface area (Å²) in [7, 11) is 1.80. The molecule has 0 saturated heterocycles. The minimum atomic E-state index is 0.130. The molecule has 112 valence electrons. The Balaban J connectivity index is 1.83. The van der Waals surface area contributed by atoms with E-state index in [1.54, 1.807) is 35.4 Å². The highest BCUT2D eigenvalue weighted by atomic mass is 35.5. The van der Waals surface area contributed by atoms with Gasteiger partial charge in [0.1, 0.15) is 0 Å². The molecule has 0 unspecified atom stereocenters. The first kappa shape index (κ1) is 15.9. The quantitative estimate of drug-likeness (QED) is 0.818. The van der Waals surface area contributed by atoms with E-state index in [1.807, 2.05) is 12.1 Å². The molecule has 2 aromatic rings. The molecule has 0 bridgehead atoms. The molecule has 0 atom stereocenters. The molecule has 2 rings (SSSR count). The van der Waals surface area contributed by atoms with E-state index in [1.165, 1.54) is 4.88 Å². The van der Waals surface area contributed by atoms with Crippen LogP contribution >= 0.6 is 22.9 Å². The first-order valence-corrected chi connectivity index (χ1v) is 8.12. The highest BCUT2D eigenvalue weighted by molar-refractivity contribution is 7.09. The van der Waals surface area contributed by atoms with Crippen LogP contribution in [0.3, 0.4) is 0 Å². The van der Waals surface area contributed by atoms with E-state index in [0.717, 1.165) is 18.4 Å². The molecule has 0 aliphatic rings. The second kappa shape index (κ2) is 7.48. The molecule has 0 aliphatic carbocycles. The van der Waals surface area contributed by atoms with Crippen LogP contribution in [0.4, 0.5) is 5.69 Å². The number of hydrogen-bond acceptors (Lipinski definition) is 3. The third-order valence-electron chi connectivity index (χ3n) is 3.30. The van der Waals surface area contributed by atoms with Gasteiger partial charge in [0.15, 0.2) is 0 Å². The van der Waals surface area contributed by atoms with Crippen molar-refractivity contribution in [2.75, 3.05) is 12.8 Å². The first-order valence-electron chi connectivity index (χ1n) is 6.86. The first-order chi connectivity index (χ1) is 10.1. The van der Waals surface area contributed by atoms with E-state index in [4.69, 9.17) is 17.3 Å². The average Bonchev–Trinajstić information content (AvgIpc) is 2.96. The molecule has 0 spiro atoms. The molecule has 0 saturated carbocycles. The van der Waals surface area contributed by atoms with Crippen molar-refractivity contribution < 1.29 is 4.79 Å². The third kappa shape index (κ3) is 4.76. The highest BCUT2D eigenvalue weighted by Crippen LogP contribution is 2.20. The molecular weight excluding hydrogens is 304 g/mol. The van der Waals surface area contributed by atoms with E-state index in [-0.39, 0.29) is 5.91 Å². The van der Waals surface area contributed by atoms with E-state index < -0.39 is 0 Å². The smallest absolute Gasteiger partial charge is 0.222 e. The summed E-state index contributed by atoms with van der Waals surface area (Å²) in [4.78, 5) is 15.2. The molecular formula is C16H19ClN2OS. The summed E-state index contributed by atoms with van der Waals surface area (Å²) in [6, 6.07) is 9.48. The fraction of sp³-hybridized carbons (Fsp3) is 0.312. The monoisotopic (exact) mass is 322 g/mol. The number of nitrogens with two attached hydrogens (primary N) is 1. The average molecular weight is 323 g/mol. The van der Waals surface area contributed by atoms with Crippen molar-refractivity contribution in [1.82, 2.24) is 4.90 Å².